The highest BCUT2D eigenvalue weighted by atomic mass is 32.2. The summed E-state index contributed by atoms with van der Waals surface area (Å²) in [6.07, 6.45) is 8.16. The molecule has 2 aromatic heterocycles. The van der Waals surface area contributed by atoms with Crippen molar-refractivity contribution in [1.82, 2.24) is 28.3 Å². The second kappa shape index (κ2) is 10.7. The molecule has 0 unspecified atom stereocenters. The van der Waals surface area contributed by atoms with Crippen LogP contribution in [0, 0.1) is 5.92 Å². The van der Waals surface area contributed by atoms with E-state index in [1.165, 1.54) is 4.31 Å². The Hall–Kier alpha value is -2.47. The van der Waals surface area contributed by atoms with E-state index in [2.05, 4.69) is 23.9 Å². The Bertz CT molecular complexity index is 1270. The highest BCUT2D eigenvalue weighted by Crippen LogP contribution is 2.31. The Morgan fingerprint density at radius 1 is 1.03 bits per heavy atom. The molecule has 0 aliphatic carbocycles. The van der Waals surface area contributed by atoms with Gasteiger partial charge < -0.3 is 5.32 Å². The number of rotatable bonds is 4. The molecule has 3 aromatic rings. The highest BCUT2D eigenvalue weighted by Gasteiger charge is 2.42. The maximum atomic E-state index is 13.8. The van der Waals surface area contributed by atoms with E-state index < -0.39 is 10.0 Å². The van der Waals surface area contributed by atoms with Crippen molar-refractivity contribution in [2.45, 2.75) is 49.6 Å². The predicted octanol–water partition coefficient (Wildman–Crippen LogP) is 2.66. The zero-order chi connectivity index (χ0) is 24.3. The number of nitrogens with one attached hydrogen (secondary N) is 1. The van der Waals surface area contributed by atoms with Gasteiger partial charge in [-0.25, -0.2) is 8.42 Å². The zero-order valence-electron chi connectivity index (χ0n) is 19.5. The van der Waals surface area contributed by atoms with E-state index in [9.17, 15) is 13.2 Å². The Labute approximate surface area is 209 Å². The minimum atomic E-state index is -3.80. The van der Waals surface area contributed by atoms with Crippen LogP contribution in [0.3, 0.4) is 0 Å². The minimum absolute atomic E-state index is 0.0273. The lowest BCUT2D eigenvalue weighted by atomic mass is 9.90. The van der Waals surface area contributed by atoms with Crippen molar-refractivity contribution < 1.29 is 13.2 Å². The van der Waals surface area contributed by atoms with E-state index in [1.807, 2.05) is 12.1 Å². The molecular formula is C24H30N6O3S2. The van der Waals surface area contributed by atoms with Crippen LogP contribution < -0.4 is 5.32 Å². The number of pyridine rings is 1. The van der Waals surface area contributed by atoms with Gasteiger partial charge in [0.25, 0.3) is 0 Å². The number of hydrogen-bond acceptors (Lipinski definition) is 8. The molecule has 0 radical (unpaired) electrons. The summed E-state index contributed by atoms with van der Waals surface area (Å²) < 4.78 is 37.6. The Morgan fingerprint density at radius 3 is 2.71 bits per heavy atom. The van der Waals surface area contributed by atoms with Crippen LogP contribution in [-0.2, 0) is 21.4 Å². The molecule has 186 valence electrons. The topological polar surface area (TPSA) is 108 Å². The third-order valence-electron chi connectivity index (χ3n) is 7.02. The number of carbonyl (C=O) groups excluding carboxylic acids is 1. The number of hydrogen-bond donors (Lipinski definition) is 1. The van der Waals surface area contributed by atoms with E-state index in [4.69, 9.17) is 0 Å². The first-order chi connectivity index (χ1) is 17.0. The van der Waals surface area contributed by atoms with Gasteiger partial charge in [-0.15, -0.1) is 0 Å². The van der Waals surface area contributed by atoms with Crippen molar-refractivity contribution in [3.63, 3.8) is 0 Å². The van der Waals surface area contributed by atoms with Crippen molar-refractivity contribution in [3.05, 3.63) is 48.3 Å². The first-order valence-corrected chi connectivity index (χ1v) is 14.3. The molecule has 5 rings (SSSR count). The zero-order valence-corrected chi connectivity index (χ0v) is 21.2. The van der Waals surface area contributed by atoms with Crippen molar-refractivity contribution >= 4 is 38.7 Å². The van der Waals surface area contributed by atoms with Crippen molar-refractivity contribution in [2.75, 3.05) is 26.2 Å². The molecule has 1 amide bonds. The fourth-order valence-corrected chi connectivity index (χ4v) is 7.37. The molecule has 2 aliphatic heterocycles. The Balaban J connectivity index is 1.48. The average Bonchev–Trinajstić information content (AvgIpc) is 3.35. The molecular weight excluding hydrogens is 484 g/mol. The van der Waals surface area contributed by atoms with Gasteiger partial charge in [0.1, 0.15) is 15.9 Å². The summed E-state index contributed by atoms with van der Waals surface area (Å²) in [6, 6.07) is 8.82. The van der Waals surface area contributed by atoms with Crippen molar-refractivity contribution in [1.29, 1.82) is 0 Å². The lowest BCUT2D eigenvalue weighted by molar-refractivity contribution is -0.129. The van der Waals surface area contributed by atoms with E-state index >= 15 is 0 Å². The number of carbonyl (C=O) groups is 1. The van der Waals surface area contributed by atoms with Gasteiger partial charge in [-0.3, -0.25) is 14.7 Å². The van der Waals surface area contributed by atoms with Gasteiger partial charge in [0.2, 0.25) is 15.9 Å². The molecule has 2 aliphatic rings. The van der Waals surface area contributed by atoms with Gasteiger partial charge in [-0.05, 0) is 55.6 Å². The number of amides is 1. The molecule has 4 heterocycles. The third-order valence-corrected chi connectivity index (χ3v) is 9.46. The third kappa shape index (κ3) is 5.23. The van der Waals surface area contributed by atoms with Gasteiger partial charge in [-0.1, -0.05) is 18.9 Å². The second-order valence-electron chi connectivity index (χ2n) is 9.24. The molecule has 0 bridgehead atoms. The molecule has 2 fully saturated rings. The molecule has 9 nitrogen and oxygen atoms in total. The fraction of sp³-hybridized carbons (Fsp3) is 0.500. The second-order valence-corrected chi connectivity index (χ2v) is 11.7. The lowest BCUT2D eigenvalue weighted by Crippen LogP contribution is -2.57. The number of nitrogens with zero attached hydrogens (tertiary/aromatic N) is 5. The lowest BCUT2D eigenvalue weighted by Gasteiger charge is -2.43. The molecule has 35 heavy (non-hydrogen) atoms. The van der Waals surface area contributed by atoms with Gasteiger partial charge in [-0.2, -0.15) is 13.1 Å². The van der Waals surface area contributed by atoms with Crippen LogP contribution in [0.4, 0.5) is 0 Å². The van der Waals surface area contributed by atoms with Crippen LogP contribution in [-0.4, -0.2) is 69.5 Å². The SMILES string of the molecule is O=C1NCCCCCCN(Cc2ccncc2)[C@@H]2CN(S(=O)(=O)c3cccc4nsnc34)CC[C@@H]12. The molecule has 1 aromatic carbocycles. The first kappa shape index (κ1) is 24.2. The quantitative estimate of drug-likeness (QED) is 0.570. The van der Waals surface area contributed by atoms with Gasteiger partial charge in [0.05, 0.1) is 17.6 Å². The maximum absolute atomic E-state index is 13.8. The first-order valence-electron chi connectivity index (χ1n) is 12.2. The molecule has 1 N–H and O–H groups in total. The minimum Gasteiger partial charge on any atom is -0.356 e. The largest absolute Gasteiger partial charge is 0.356 e. The molecule has 2 saturated heterocycles. The summed E-state index contributed by atoms with van der Waals surface area (Å²) in [5.41, 5.74) is 2.10. The van der Waals surface area contributed by atoms with Crippen molar-refractivity contribution in [3.8, 4) is 0 Å². The van der Waals surface area contributed by atoms with Gasteiger partial charge in [0.15, 0.2) is 0 Å². The summed E-state index contributed by atoms with van der Waals surface area (Å²) in [7, 11) is -3.80. The number of fused-ring (bicyclic) bond motifs is 2. The summed E-state index contributed by atoms with van der Waals surface area (Å²) >= 11 is 1.01. The van der Waals surface area contributed by atoms with Crippen LogP contribution in [0.5, 0.6) is 0 Å². The molecule has 11 heteroatoms. The molecule has 2 atom stereocenters. The number of benzene rings is 1. The van der Waals surface area contributed by atoms with Crippen LogP contribution in [0.15, 0.2) is 47.6 Å². The monoisotopic (exact) mass is 514 g/mol. The predicted molar refractivity (Wildman–Crippen MR) is 134 cm³/mol. The van der Waals surface area contributed by atoms with Gasteiger partial charge in [0, 0.05) is 44.6 Å². The standard InChI is InChI=1S/C24H30N6O3S2/c31-24-19-10-15-30(35(32,33)22-7-5-6-20-23(22)28-34-27-20)17-21(19)29(14-4-2-1-3-11-26-24)16-18-8-12-25-13-9-18/h5-9,12-13,19,21H,1-4,10-11,14-17H2,(H,26,31)/t19-,21-/m1/s1. The number of sulfonamides is 1. The summed E-state index contributed by atoms with van der Waals surface area (Å²) in [5, 5.41) is 3.11. The van der Waals surface area contributed by atoms with E-state index in [1.54, 1.807) is 30.6 Å². The summed E-state index contributed by atoms with van der Waals surface area (Å²) in [5.74, 6) is -0.238. The number of piperidine rings is 1. The Kier molecular flexibility index (Phi) is 7.37. The Morgan fingerprint density at radius 2 is 1.86 bits per heavy atom. The molecule has 0 saturated carbocycles. The van der Waals surface area contributed by atoms with E-state index in [-0.39, 0.29) is 29.3 Å². The molecule has 0 spiro atoms. The average molecular weight is 515 g/mol. The van der Waals surface area contributed by atoms with Crippen molar-refractivity contribution in [2.24, 2.45) is 5.92 Å². The van der Waals surface area contributed by atoms with Crippen LogP contribution in [0.1, 0.15) is 37.7 Å². The van der Waals surface area contributed by atoms with Crippen LogP contribution in [0.2, 0.25) is 0 Å². The smallest absolute Gasteiger partial charge is 0.245 e. The van der Waals surface area contributed by atoms with Crippen LogP contribution >= 0.6 is 11.7 Å². The normalized spacial score (nSPS) is 23.4. The summed E-state index contributed by atoms with van der Waals surface area (Å²) in [6.45, 7) is 2.70. The summed E-state index contributed by atoms with van der Waals surface area (Å²) in [4.78, 5) is 19.8. The van der Waals surface area contributed by atoms with Gasteiger partial charge >= 0.3 is 0 Å². The fourth-order valence-electron chi connectivity index (χ4n) is 5.15. The van der Waals surface area contributed by atoms with E-state index in [0.29, 0.717) is 37.1 Å². The van der Waals surface area contributed by atoms with Crippen LogP contribution in [0.25, 0.3) is 11.0 Å². The maximum Gasteiger partial charge on any atom is 0.245 e. The van der Waals surface area contributed by atoms with E-state index in [0.717, 1.165) is 49.5 Å². The highest BCUT2D eigenvalue weighted by molar-refractivity contribution is 7.89. The number of aromatic nitrogens is 3.